The monoisotopic (exact) mass is 283 g/mol. The van der Waals surface area contributed by atoms with Crippen molar-refractivity contribution < 1.29 is 4.79 Å². The summed E-state index contributed by atoms with van der Waals surface area (Å²) in [5, 5.41) is 0. The van der Waals surface area contributed by atoms with Crippen molar-refractivity contribution in [3.8, 4) is 0 Å². The lowest BCUT2D eigenvalue weighted by atomic mass is 10.0. The van der Waals surface area contributed by atoms with Crippen LogP contribution in [-0.2, 0) is 6.42 Å². The summed E-state index contributed by atoms with van der Waals surface area (Å²) in [6.07, 6.45) is 6.43. The lowest BCUT2D eigenvalue weighted by Crippen LogP contribution is -2.41. The molecule has 21 heavy (non-hydrogen) atoms. The molecule has 4 heteroatoms. The van der Waals surface area contributed by atoms with Crippen molar-refractivity contribution in [2.24, 2.45) is 0 Å². The average molecular weight is 283 g/mol. The number of rotatable bonds is 6. The Bertz CT molecular complexity index is 557. The molecule has 1 heterocycles. The van der Waals surface area contributed by atoms with Crippen molar-refractivity contribution in [2.75, 3.05) is 6.54 Å². The first-order valence-electron chi connectivity index (χ1n) is 7.37. The van der Waals surface area contributed by atoms with Gasteiger partial charge in [0.25, 0.3) is 5.91 Å². The van der Waals surface area contributed by atoms with E-state index >= 15 is 0 Å². The second-order valence-electron chi connectivity index (χ2n) is 4.93. The van der Waals surface area contributed by atoms with Crippen molar-refractivity contribution in [1.82, 2.24) is 14.9 Å². The van der Waals surface area contributed by atoms with Gasteiger partial charge in [0.15, 0.2) is 0 Å². The molecule has 110 valence electrons. The van der Waals surface area contributed by atoms with Gasteiger partial charge in [0.2, 0.25) is 0 Å². The maximum Gasteiger partial charge on any atom is 0.274 e. The van der Waals surface area contributed by atoms with Crippen LogP contribution in [-0.4, -0.2) is 33.4 Å². The molecule has 0 aliphatic carbocycles. The lowest BCUT2D eigenvalue weighted by molar-refractivity contribution is 0.0677. The van der Waals surface area contributed by atoms with Crippen molar-refractivity contribution in [3.05, 3.63) is 60.2 Å². The van der Waals surface area contributed by atoms with Crippen LogP contribution in [0.2, 0.25) is 0 Å². The van der Waals surface area contributed by atoms with E-state index in [1.165, 1.54) is 11.8 Å². The Kier molecular flexibility index (Phi) is 5.43. The smallest absolute Gasteiger partial charge is 0.274 e. The summed E-state index contributed by atoms with van der Waals surface area (Å²) in [7, 11) is 0. The lowest BCUT2D eigenvalue weighted by Gasteiger charge is -2.30. The summed E-state index contributed by atoms with van der Waals surface area (Å²) < 4.78 is 0. The molecule has 0 N–H and O–H groups in total. The van der Waals surface area contributed by atoms with E-state index in [1.54, 1.807) is 12.4 Å². The van der Waals surface area contributed by atoms with Crippen LogP contribution in [0, 0.1) is 0 Å². The molecule has 0 fully saturated rings. The Morgan fingerprint density at radius 1 is 1.19 bits per heavy atom. The Morgan fingerprint density at radius 2 is 1.95 bits per heavy atom. The SMILES string of the molecule is CC[C@@H](Cc1ccccc1)N(CC)C(=O)c1cnccn1. The van der Waals surface area contributed by atoms with Crippen molar-refractivity contribution in [2.45, 2.75) is 32.7 Å². The number of carbonyl (C=O) groups is 1. The van der Waals surface area contributed by atoms with Gasteiger partial charge in [0.05, 0.1) is 6.20 Å². The van der Waals surface area contributed by atoms with Crippen LogP contribution in [0.5, 0.6) is 0 Å². The van der Waals surface area contributed by atoms with Crippen molar-refractivity contribution >= 4 is 5.91 Å². The normalized spacial score (nSPS) is 11.9. The summed E-state index contributed by atoms with van der Waals surface area (Å²) in [6.45, 7) is 4.78. The topological polar surface area (TPSA) is 46.1 Å². The van der Waals surface area contributed by atoms with Gasteiger partial charge in [0.1, 0.15) is 5.69 Å². The Labute approximate surface area is 125 Å². The fourth-order valence-corrected chi connectivity index (χ4v) is 2.49. The minimum absolute atomic E-state index is 0.0478. The molecule has 2 rings (SSSR count). The van der Waals surface area contributed by atoms with E-state index in [-0.39, 0.29) is 11.9 Å². The number of nitrogens with zero attached hydrogens (tertiary/aromatic N) is 3. The zero-order valence-electron chi connectivity index (χ0n) is 12.6. The number of hydrogen-bond acceptors (Lipinski definition) is 3. The highest BCUT2D eigenvalue weighted by molar-refractivity contribution is 5.92. The fraction of sp³-hybridized carbons (Fsp3) is 0.353. The Balaban J connectivity index is 2.16. The van der Waals surface area contributed by atoms with Crippen LogP contribution >= 0.6 is 0 Å². The van der Waals surface area contributed by atoms with E-state index in [4.69, 9.17) is 0 Å². The minimum Gasteiger partial charge on any atom is -0.334 e. The molecule has 1 amide bonds. The highest BCUT2D eigenvalue weighted by Crippen LogP contribution is 2.14. The number of amides is 1. The highest BCUT2D eigenvalue weighted by atomic mass is 16.2. The first kappa shape index (κ1) is 15.2. The molecule has 0 radical (unpaired) electrons. The minimum atomic E-state index is -0.0478. The number of likely N-dealkylation sites (N-methyl/N-ethyl adjacent to an activating group) is 1. The van der Waals surface area contributed by atoms with Crippen LogP contribution in [0.4, 0.5) is 0 Å². The number of hydrogen-bond donors (Lipinski definition) is 0. The molecule has 0 saturated heterocycles. The maximum absolute atomic E-state index is 12.6. The van der Waals surface area contributed by atoms with E-state index in [1.807, 2.05) is 30.0 Å². The van der Waals surface area contributed by atoms with Gasteiger partial charge < -0.3 is 4.90 Å². The summed E-state index contributed by atoms with van der Waals surface area (Å²) in [5.74, 6) is -0.0478. The molecule has 1 aromatic carbocycles. The number of carbonyl (C=O) groups excluding carboxylic acids is 1. The van der Waals surface area contributed by atoms with Crippen molar-refractivity contribution in [3.63, 3.8) is 0 Å². The van der Waals surface area contributed by atoms with Gasteiger partial charge in [0, 0.05) is 25.0 Å². The summed E-state index contributed by atoms with van der Waals surface area (Å²) in [6, 6.07) is 10.4. The Hall–Kier alpha value is -2.23. The van der Waals surface area contributed by atoms with Crippen LogP contribution < -0.4 is 0 Å². The van der Waals surface area contributed by atoms with Gasteiger partial charge >= 0.3 is 0 Å². The molecule has 1 atom stereocenters. The Morgan fingerprint density at radius 3 is 2.52 bits per heavy atom. The summed E-state index contributed by atoms with van der Waals surface area (Å²) in [5.41, 5.74) is 1.65. The predicted octanol–water partition coefficient (Wildman–Crippen LogP) is 2.96. The van der Waals surface area contributed by atoms with Crippen LogP contribution in [0.25, 0.3) is 0 Å². The second kappa shape index (κ2) is 7.53. The molecule has 1 aromatic heterocycles. The molecule has 0 unspecified atom stereocenters. The number of benzene rings is 1. The van der Waals surface area contributed by atoms with E-state index < -0.39 is 0 Å². The van der Waals surface area contributed by atoms with Gasteiger partial charge in [-0.1, -0.05) is 37.3 Å². The van der Waals surface area contributed by atoms with Crippen LogP contribution in [0.3, 0.4) is 0 Å². The van der Waals surface area contributed by atoms with E-state index in [2.05, 4.69) is 29.0 Å². The van der Waals surface area contributed by atoms with Gasteiger partial charge in [-0.25, -0.2) is 4.98 Å². The molecule has 2 aromatic rings. The van der Waals surface area contributed by atoms with Gasteiger partial charge in [-0.15, -0.1) is 0 Å². The zero-order chi connectivity index (χ0) is 15.1. The van der Waals surface area contributed by atoms with Crippen LogP contribution in [0.1, 0.15) is 36.3 Å². The molecular weight excluding hydrogens is 262 g/mol. The molecule has 0 aliphatic rings. The largest absolute Gasteiger partial charge is 0.334 e. The molecule has 0 bridgehead atoms. The quantitative estimate of drug-likeness (QED) is 0.819. The molecule has 0 saturated carbocycles. The fourth-order valence-electron chi connectivity index (χ4n) is 2.49. The first-order valence-corrected chi connectivity index (χ1v) is 7.37. The first-order chi connectivity index (χ1) is 10.3. The summed E-state index contributed by atoms with van der Waals surface area (Å²) in [4.78, 5) is 22.6. The van der Waals surface area contributed by atoms with Gasteiger partial charge in [-0.3, -0.25) is 9.78 Å². The standard InChI is InChI=1S/C17H21N3O/c1-3-15(12-14-8-6-5-7-9-14)20(4-2)17(21)16-13-18-10-11-19-16/h5-11,13,15H,3-4,12H2,1-2H3/t15-/m0/s1. The maximum atomic E-state index is 12.6. The third-order valence-corrected chi connectivity index (χ3v) is 3.61. The average Bonchev–Trinajstić information content (AvgIpc) is 2.56. The zero-order valence-corrected chi connectivity index (χ0v) is 12.6. The van der Waals surface area contributed by atoms with Gasteiger partial charge in [-0.05, 0) is 25.3 Å². The summed E-state index contributed by atoms with van der Waals surface area (Å²) >= 11 is 0. The third-order valence-electron chi connectivity index (χ3n) is 3.61. The number of aromatic nitrogens is 2. The van der Waals surface area contributed by atoms with Crippen LogP contribution in [0.15, 0.2) is 48.9 Å². The molecule has 0 aliphatic heterocycles. The van der Waals surface area contributed by atoms with E-state index in [9.17, 15) is 4.79 Å². The van der Waals surface area contributed by atoms with E-state index in [0.717, 1.165) is 12.8 Å². The molecular formula is C17H21N3O. The van der Waals surface area contributed by atoms with Gasteiger partial charge in [-0.2, -0.15) is 0 Å². The third kappa shape index (κ3) is 3.88. The molecule has 0 spiro atoms. The second-order valence-corrected chi connectivity index (χ2v) is 4.93. The molecule has 4 nitrogen and oxygen atoms in total. The van der Waals surface area contributed by atoms with Crippen molar-refractivity contribution in [1.29, 1.82) is 0 Å². The van der Waals surface area contributed by atoms with E-state index in [0.29, 0.717) is 12.2 Å². The predicted molar refractivity (Wildman–Crippen MR) is 83.0 cm³/mol. The highest BCUT2D eigenvalue weighted by Gasteiger charge is 2.23.